The second-order valence-corrected chi connectivity index (χ2v) is 3.81. The molecule has 6 nitrogen and oxygen atoms in total. The third-order valence-electron chi connectivity index (χ3n) is 1.43. The van der Waals surface area contributed by atoms with E-state index < -0.39 is 9.85 Å². The molecule has 0 radical (unpaired) electrons. The van der Waals surface area contributed by atoms with Crippen molar-refractivity contribution < 1.29 is 9.85 Å². The Bertz CT molecular complexity index is 397. The zero-order valence-electron chi connectivity index (χ0n) is 6.55. The fourth-order valence-electron chi connectivity index (χ4n) is 0.827. The van der Waals surface area contributed by atoms with Gasteiger partial charge in [-0.1, -0.05) is 0 Å². The van der Waals surface area contributed by atoms with Crippen molar-refractivity contribution in [1.29, 1.82) is 0 Å². The summed E-state index contributed by atoms with van der Waals surface area (Å²) in [6, 6.07) is 3.48. The lowest BCUT2D eigenvalue weighted by Gasteiger charge is -1.97. The summed E-state index contributed by atoms with van der Waals surface area (Å²) in [5.74, 6) is 0. The number of rotatable bonds is 3. The Labute approximate surface area is 89.8 Å². The first-order valence-electron chi connectivity index (χ1n) is 3.27. The summed E-state index contributed by atoms with van der Waals surface area (Å²) in [7, 11) is 0.992. The normalized spacial score (nSPS) is 9.79. The van der Waals surface area contributed by atoms with E-state index in [1.807, 2.05) is 0 Å². The molecule has 8 heteroatoms. The van der Waals surface area contributed by atoms with Crippen molar-refractivity contribution in [2.45, 2.75) is 4.90 Å². The van der Waals surface area contributed by atoms with Crippen molar-refractivity contribution in [3.8, 4) is 0 Å². The van der Waals surface area contributed by atoms with Gasteiger partial charge in [0.2, 0.25) is 0 Å². The van der Waals surface area contributed by atoms with Gasteiger partial charge < -0.3 is 0 Å². The highest BCUT2D eigenvalue weighted by Gasteiger charge is 2.18. The first kappa shape index (κ1) is 10.9. The van der Waals surface area contributed by atoms with Crippen LogP contribution in [0, 0.1) is 20.2 Å². The molecule has 0 N–H and O–H groups in total. The third-order valence-corrected chi connectivity index (χ3v) is 2.99. The molecule has 74 valence electrons. The summed E-state index contributed by atoms with van der Waals surface area (Å²) in [4.78, 5) is 19.9. The second kappa shape index (κ2) is 4.38. The van der Waals surface area contributed by atoms with E-state index in [0.717, 1.165) is 16.3 Å². The lowest BCUT2D eigenvalue weighted by molar-refractivity contribution is -0.396. The lowest BCUT2D eigenvalue weighted by Crippen LogP contribution is -1.93. The minimum absolute atomic E-state index is 0.277. The van der Waals surface area contributed by atoms with Crippen LogP contribution in [0.2, 0.25) is 0 Å². The van der Waals surface area contributed by atoms with E-state index in [-0.39, 0.29) is 11.4 Å². The summed E-state index contributed by atoms with van der Waals surface area (Å²) in [5, 5.41) is 20.8. The van der Waals surface area contributed by atoms with Crippen LogP contribution >= 0.6 is 25.0 Å². The van der Waals surface area contributed by atoms with Gasteiger partial charge in [0.15, 0.2) is 0 Å². The molecule has 0 saturated heterocycles. The molecule has 0 heterocycles. The molecular weight excluding hydrogens is 276 g/mol. The van der Waals surface area contributed by atoms with Gasteiger partial charge in [0.25, 0.3) is 11.4 Å². The zero-order chi connectivity index (χ0) is 10.7. The van der Waals surface area contributed by atoms with Gasteiger partial charge in [-0.05, 0) is 31.1 Å². The Hall–Kier alpha value is -1.15. The highest BCUT2D eigenvalue weighted by molar-refractivity contribution is 9.50. The SMILES string of the molecule is O=[N+]([O-])c1ccc(SBr)c([N+](=O)[O-])c1. The molecule has 0 saturated carbocycles. The summed E-state index contributed by atoms with van der Waals surface area (Å²) in [6.45, 7) is 0. The molecule has 0 aliphatic carbocycles. The number of hydrogen-bond donors (Lipinski definition) is 0. The third kappa shape index (κ3) is 2.20. The molecular formula is C6H3BrN2O4S. The maximum Gasteiger partial charge on any atom is 0.290 e. The molecule has 0 amide bonds. The van der Waals surface area contributed by atoms with Gasteiger partial charge in [-0.2, -0.15) is 0 Å². The quantitative estimate of drug-likeness (QED) is 0.627. The van der Waals surface area contributed by atoms with Crippen LogP contribution in [0.4, 0.5) is 11.4 Å². The van der Waals surface area contributed by atoms with E-state index in [4.69, 9.17) is 0 Å². The number of nitro groups is 2. The van der Waals surface area contributed by atoms with E-state index in [1.54, 1.807) is 0 Å². The van der Waals surface area contributed by atoms with Crippen molar-refractivity contribution >= 4 is 36.4 Å². The Morgan fingerprint density at radius 1 is 1.21 bits per heavy atom. The Kier molecular flexibility index (Phi) is 3.42. The fraction of sp³-hybridized carbons (Fsp3) is 0. The Morgan fingerprint density at radius 2 is 1.86 bits per heavy atom. The van der Waals surface area contributed by atoms with Crippen LogP contribution in [-0.2, 0) is 0 Å². The molecule has 1 rings (SSSR count). The summed E-state index contributed by atoms with van der Waals surface area (Å²) in [5.41, 5.74) is -0.567. The topological polar surface area (TPSA) is 86.3 Å². The van der Waals surface area contributed by atoms with Gasteiger partial charge >= 0.3 is 0 Å². The van der Waals surface area contributed by atoms with Gasteiger partial charge in [-0.15, -0.1) is 0 Å². The van der Waals surface area contributed by atoms with E-state index in [0.29, 0.717) is 4.90 Å². The fourth-order valence-corrected chi connectivity index (χ4v) is 1.98. The predicted molar refractivity (Wildman–Crippen MR) is 54.5 cm³/mol. The van der Waals surface area contributed by atoms with Gasteiger partial charge in [0.05, 0.1) is 20.8 Å². The molecule has 0 spiro atoms. The Morgan fingerprint density at radius 3 is 2.29 bits per heavy atom. The second-order valence-electron chi connectivity index (χ2n) is 2.24. The zero-order valence-corrected chi connectivity index (χ0v) is 8.95. The van der Waals surface area contributed by atoms with Crippen molar-refractivity contribution in [3.63, 3.8) is 0 Å². The first-order chi connectivity index (χ1) is 6.56. The summed E-state index contributed by atoms with van der Waals surface area (Å²) in [6.07, 6.45) is 0. The van der Waals surface area contributed by atoms with Crippen LogP contribution in [0.5, 0.6) is 0 Å². The van der Waals surface area contributed by atoms with E-state index in [2.05, 4.69) is 14.8 Å². The van der Waals surface area contributed by atoms with Gasteiger partial charge in [0, 0.05) is 6.07 Å². The molecule has 0 unspecified atom stereocenters. The Balaban J connectivity index is 3.27. The number of hydrogen-bond acceptors (Lipinski definition) is 5. The van der Waals surface area contributed by atoms with Crippen LogP contribution in [0.3, 0.4) is 0 Å². The van der Waals surface area contributed by atoms with Gasteiger partial charge in [-0.25, -0.2) is 0 Å². The average molecular weight is 279 g/mol. The number of non-ortho nitro benzene ring substituents is 1. The van der Waals surface area contributed by atoms with E-state index in [9.17, 15) is 20.2 Å². The van der Waals surface area contributed by atoms with Crippen LogP contribution in [0.15, 0.2) is 23.1 Å². The molecule has 0 bridgehead atoms. The molecule has 1 aromatic carbocycles. The average Bonchev–Trinajstić information content (AvgIpc) is 2.16. The lowest BCUT2D eigenvalue weighted by atomic mass is 10.3. The maximum absolute atomic E-state index is 10.5. The monoisotopic (exact) mass is 278 g/mol. The van der Waals surface area contributed by atoms with Crippen LogP contribution in [0.25, 0.3) is 0 Å². The van der Waals surface area contributed by atoms with Crippen LogP contribution in [-0.4, -0.2) is 9.85 Å². The van der Waals surface area contributed by atoms with Crippen molar-refractivity contribution in [2.24, 2.45) is 0 Å². The number of nitrogens with zero attached hydrogens (tertiary/aromatic N) is 2. The number of halogens is 1. The largest absolute Gasteiger partial charge is 0.290 e. The first-order valence-corrected chi connectivity index (χ1v) is 5.93. The van der Waals surface area contributed by atoms with Crippen molar-refractivity contribution in [1.82, 2.24) is 0 Å². The van der Waals surface area contributed by atoms with Crippen molar-refractivity contribution in [3.05, 3.63) is 38.4 Å². The van der Waals surface area contributed by atoms with E-state index >= 15 is 0 Å². The molecule has 14 heavy (non-hydrogen) atoms. The number of benzene rings is 1. The maximum atomic E-state index is 10.5. The molecule has 0 fully saturated rings. The highest BCUT2D eigenvalue weighted by Crippen LogP contribution is 2.35. The summed E-state index contributed by atoms with van der Waals surface area (Å²) < 4.78 is 0. The predicted octanol–water partition coefficient (Wildman–Crippen LogP) is 2.91. The van der Waals surface area contributed by atoms with E-state index in [1.165, 1.54) is 12.1 Å². The number of nitro benzene ring substituents is 2. The van der Waals surface area contributed by atoms with Crippen LogP contribution in [0.1, 0.15) is 0 Å². The van der Waals surface area contributed by atoms with Crippen molar-refractivity contribution in [2.75, 3.05) is 0 Å². The van der Waals surface area contributed by atoms with Gasteiger partial charge in [-0.3, -0.25) is 20.2 Å². The standard InChI is InChI=1S/C6H3BrN2O4S/c7-14-6-2-1-4(8(10)11)3-5(6)9(12)13/h1-3H. The smallest absolute Gasteiger partial charge is 0.258 e. The summed E-state index contributed by atoms with van der Waals surface area (Å²) >= 11 is 2.98. The minimum Gasteiger partial charge on any atom is -0.258 e. The molecule has 0 atom stereocenters. The van der Waals surface area contributed by atoms with Gasteiger partial charge in [0.1, 0.15) is 0 Å². The molecule has 0 aliphatic heterocycles. The van der Waals surface area contributed by atoms with Crippen LogP contribution < -0.4 is 0 Å². The molecule has 0 aromatic heterocycles. The highest BCUT2D eigenvalue weighted by atomic mass is 79.9. The molecule has 0 aliphatic rings. The minimum atomic E-state index is -0.671. The molecule has 1 aromatic rings.